The first kappa shape index (κ1) is 38.7. The van der Waals surface area contributed by atoms with Gasteiger partial charge < -0.3 is 34.2 Å². The number of aromatic nitrogens is 3. The van der Waals surface area contributed by atoms with Crippen LogP contribution in [0.25, 0.3) is 32.9 Å². The van der Waals surface area contributed by atoms with E-state index in [-0.39, 0.29) is 87.6 Å². The van der Waals surface area contributed by atoms with Crippen LogP contribution in [0.15, 0.2) is 24.3 Å². The van der Waals surface area contributed by atoms with Gasteiger partial charge in [0, 0.05) is 55.0 Å². The van der Waals surface area contributed by atoms with Gasteiger partial charge in [-0.05, 0) is 80.5 Å². The third-order valence-electron chi connectivity index (χ3n) is 13.5. The highest BCUT2D eigenvalue weighted by atomic mass is 19.1. The molecule has 4 aromatic rings. The van der Waals surface area contributed by atoms with Gasteiger partial charge in [-0.15, -0.1) is 6.42 Å². The number of methoxy groups -OCH3 is 1. The lowest BCUT2D eigenvalue weighted by Gasteiger charge is -2.46. The number of nitrogens with zero attached hydrogens (tertiary/aromatic N) is 6. The highest BCUT2D eigenvalue weighted by Gasteiger charge is 2.58. The lowest BCUT2D eigenvalue weighted by atomic mass is 9.75. The Labute approximate surface area is 336 Å². The highest BCUT2D eigenvalue weighted by molar-refractivity contribution is 6.04. The molecule has 0 spiro atoms. The van der Waals surface area contributed by atoms with Crippen LogP contribution in [0, 0.1) is 47.1 Å². The van der Waals surface area contributed by atoms with E-state index in [1.54, 1.807) is 6.92 Å². The SMILES string of the molecule is C#Cc1c(F)ccc2cc(O)cc(-c3nc(OC)c4c(N5CCOCC(C)(O)C5)nc(OCC56CCCC5N(CC5C7CN(C(=O)CC)CC75)CCC6)nc4c3F)c12. The molecule has 0 radical (unpaired) electrons. The summed E-state index contributed by atoms with van der Waals surface area (Å²) in [4.78, 5) is 33.1. The van der Waals surface area contributed by atoms with E-state index in [4.69, 9.17) is 30.6 Å². The molecule has 5 aliphatic rings. The molecule has 5 heterocycles. The Kier molecular flexibility index (Phi) is 9.84. The molecule has 12 nitrogen and oxygen atoms in total. The van der Waals surface area contributed by atoms with Crippen molar-refractivity contribution < 1.29 is 38.0 Å². The number of amides is 1. The van der Waals surface area contributed by atoms with Crippen LogP contribution < -0.4 is 14.4 Å². The molecule has 2 aromatic heterocycles. The molecular weight excluding hydrogens is 747 g/mol. The first-order valence-corrected chi connectivity index (χ1v) is 20.5. The lowest BCUT2D eigenvalue weighted by molar-refractivity contribution is -0.130. The summed E-state index contributed by atoms with van der Waals surface area (Å²) in [6.45, 7) is 8.55. The maximum Gasteiger partial charge on any atom is 0.319 e. The Hall–Kier alpha value is -4.84. The number of ether oxygens (including phenoxy) is 3. The number of β-amino-alcohol motifs (C(OH)–C–C–N with tert-alkyl or cyclic N) is 1. The van der Waals surface area contributed by atoms with E-state index in [0.717, 1.165) is 58.3 Å². The van der Waals surface area contributed by atoms with Crippen LogP contribution in [0.5, 0.6) is 17.6 Å². The number of halogens is 2. The molecule has 5 unspecified atom stereocenters. The van der Waals surface area contributed by atoms with Gasteiger partial charge in [0.1, 0.15) is 39.6 Å². The van der Waals surface area contributed by atoms with Crippen LogP contribution in [-0.2, 0) is 9.53 Å². The molecule has 2 aliphatic carbocycles. The minimum atomic E-state index is -1.25. The van der Waals surface area contributed by atoms with Crippen LogP contribution in [0.3, 0.4) is 0 Å². The summed E-state index contributed by atoms with van der Waals surface area (Å²) >= 11 is 0. The largest absolute Gasteiger partial charge is 0.508 e. The van der Waals surface area contributed by atoms with Crippen LogP contribution in [-0.4, -0.2) is 119 Å². The molecule has 2 aromatic carbocycles. The number of phenols is 1. The Morgan fingerprint density at radius 3 is 2.66 bits per heavy atom. The van der Waals surface area contributed by atoms with Crippen molar-refractivity contribution in [3.8, 4) is 41.2 Å². The number of aliphatic hydroxyl groups is 1. The fraction of sp³-hybridized carbons (Fsp3) is 0.545. The number of rotatable bonds is 9. The van der Waals surface area contributed by atoms with Gasteiger partial charge in [-0.3, -0.25) is 9.69 Å². The van der Waals surface area contributed by atoms with Crippen LogP contribution in [0.1, 0.15) is 57.9 Å². The third kappa shape index (κ3) is 6.65. The highest BCUT2D eigenvalue weighted by Crippen LogP contribution is 2.55. The number of benzene rings is 2. The summed E-state index contributed by atoms with van der Waals surface area (Å²) < 4.78 is 50.7. The van der Waals surface area contributed by atoms with Gasteiger partial charge in [-0.25, -0.2) is 13.8 Å². The lowest BCUT2D eigenvalue weighted by Crippen LogP contribution is -2.52. The first-order valence-electron chi connectivity index (χ1n) is 20.5. The second kappa shape index (κ2) is 14.8. The van der Waals surface area contributed by atoms with Crippen molar-refractivity contribution in [1.29, 1.82) is 0 Å². The minimum absolute atomic E-state index is 0.0164. The summed E-state index contributed by atoms with van der Waals surface area (Å²) in [7, 11) is 1.40. The fourth-order valence-electron chi connectivity index (χ4n) is 10.7. The van der Waals surface area contributed by atoms with E-state index in [2.05, 4.69) is 15.8 Å². The summed E-state index contributed by atoms with van der Waals surface area (Å²) in [5, 5.41) is 22.7. The molecule has 9 rings (SSSR count). The average molecular weight is 797 g/mol. The second-order valence-corrected chi connectivity index (χ2v) is 17.3. The normalized spacial score (nSPS) is 28.3. The van der Waals surface area contributed by atoms with E-state index in [1.165, 1.54) is 31.4 Å². The van der Waals surface area contributed by atoms with Crippen molar-refractivity contribution >= 4 is 33.4 Å². The van der Waals surface area contributed by atoms with Gasteiger partial charge in [0.05, 0.1) is 39.0 Å². The molecule has 5 fully saturated rings. The van der Waals surface area contributed by atoms with E-state index in [9.17, 15) is 15.0 Å². The van der Waals surface area contributed by atoms with Crippen molar-refractivity contribution in [2.75, 3.05) is 71.1 Å². The van der Waals surface area contributed by atoms with Crippen LogP contribution >= 0.6 is 0 Å². The van der Waals surface area contributed by atoms with Crippen molar-refractivity contribution in [3.63, 3.8) is 0 Å². The van der Waals surface area contributed by atoms with Crippen LogP contribution in [0.2, 0.25) is 0 Å². The molecule has 5 atom stereocenters. The maximum absolute atomic E-state index is 17.4. The van der Waals surface area contributed by atoms with Gasteiger partial charge in [0.15, 0.2) is 5.82 Å². The molecule has 2 N–H and O–H groups in total. The van der Waals surface area contributed by atoms with E-state index < -0.39 is 17.2 Å². The quantitative estimate of drug-likeness (QED) is 0.207. The molecule has 58 heavy (non-hydrogen) atoms. The zero-order valence-electron chi connectivity index (χ0n) is 33.3. The van der Waals surface area contributed by atoms with Gasteiger partial charge in [0.25, 0.3) is 0 Å². The van der Waals surface area contributed by atoms with E-state index >= 15 is 8.78 Å². The van der Waals surface area contributed by atoms with E-state index in [0.29, 0.717) is 48.8 Å². The third-order valence-corrected chi connectivity index (χ3v) is 13.5. The van der Waals surface area contributed by atoms with Crippen molar-refractivity contribution in [1.82, 2.24) is 24.8 Å². The molecular formula is C44H50F2N6O6. The van der Waals surface area contributed by atoms with E-state index in [1.807, 2.05) is 16.7 Å². The Morgan fingerprint density at radius 1 is 1.10 bits per heavy atom. The molecule has 0 bridgehead atoms. The number of likely N-dealkylation sites (tertiary alicyclic amines) is 2. The topological polar surface area (TPSA) is 134 Å². The Bertz CT molecular complexity index is 2320. The number of hydrogen-bond acceptors (Lipinski definition) is 11. The maximum atomic E-state index is 17.4. The molecule has 3 aliphatic heterocycles. The Morgan fingerprint density at radius 2 is 1.90 bits per heavy atom. The van der Waals surface area contributed by atoms with Gasteiger partial charge in [-0.1, -0.05) is 25.3 Å². The molecule has 306 valence electrons. The predicted octanol–water partition coefficient (Wildman–Crippen LogP) is 5.53. The summed E-state index contributed by atoms with van der Waals surface area (Å²) in [6, 6.07) is 5.69. The average Bonchev–Trinajstić information content (AvgIpc) is 3.48. The number of terminal acetylenes is 1. The standard InChI is InChI=1S/C44H50F2N6O6/c1-5-27-32(45)11-10-25-17-26(53)18-28(35(25)27)38-37(46)39-36(41(47-38)56-4)40(51-15-16-57-23-43(3,55)22-51)49-42(48-39)58-24-44-12-7-9-33(44)50(14-8-13-44)19-29-30-20-52(21-31(29)30)34(54)6-2/h1,10-11,17-18,29-31,33,53,55H,6-9,12-16,19-24H2,2-4H3. The number of phenolic OH excluding ortho intramolecular Hbond substituents is 1. The number of pyridine rings is 1. The number of carbonyl (C=O) groups is 1. The number of carbonyl (C=O) groups excluding carboxylic acids is 1. The zero-order valence-corrected chi connectivity index (χ0v) is 33.3. The molecule has 3 saturated heterocycles. The number of aromatic hydroxyl groups is 1. The molecule has 14 heteroatoms. The van der Waals surface area contributed by atoms with Gasteiger partial charge in [-0.2, -0.15) is 9.97 Å². The smallest absolute Gasteiger partial charge is 0.319 e. The summed E-state index contributed by atoms with van der Waals surface area (Å²) in [6.07, 6.45) is 11.5. The monoisotopic (exact) mass is 796 g/mol. The second-order valence-electron chi connectivity index (χ2n) is 17.3. The Balaban J connectivity index is 1.09. The minimum Gasteiger partial charge on any atom is -0.508 e. The number of piperidine rings is 2. The fourth-order valence-corrected chi connectivity index (χ4v) is 10.7. The number of fused-ring (bicyclic) bond motifs is 4. The van der Waals surface area contributed by atoms with Gasteiger partial charge >= 0.3 is 6.01 Å². The van der Waals surface area contributed by atoms with Crippen molar-refractivity contribution in [3.05, 3.63) is 41.5 Å². The summed E-state index contributed by atoms with van der Waals surface area (Å²) in [5.41, 5.74) is -1.83. The first-order chi connectivity index (χ1) is 27.9. The van der Waals surface area contributed by atoms with Gasteiger partial charge in [0.2, 0.25) is 11.8 Å². The van der Waals surface area contributed by atoms with Crippen molar-refractivity contribution in [2.45, 2.75) is 64.0 Å². The van der Waals surface area contributed by atoms with Crippen LogP contribution in [0.4, 0.5) is 14.6 Å². The predicted molar refractivity (Wildman–Crippen MR) is 214 cm³/mol. The molecule has 1 amide bonds. The number of anilines is 1. The number of hydrogen-bond donors (Lipinski definition) is 2. The zero-order chi connectivity index (χ0) is 40.5. The molecule has 2 saturated carbocycles. The summed E-state index contributed by atoms with van der Waals surface area (Å²) in [5.74, 6) is 2.92. The van der Waals surface area contributed by atoms with Crippen molar-refractivity contribution in [2.24, 2.45) is 23.2 Å².